The maximum Gasteiger partial charge on any atom is 0.324 e. The van der Waals surface area contributed by atoms with Gasteiger partial charge in [0.15, 0.2) is 0 Å². The minimum atomic E-state index is -0.434. The molecular formula is C14H15N3O3. The number of nitrogens with one attached hydrogen (secondary N) is 2. The van der Waals surface area contributed by atoms with Crippen LogP contribution in [0.1, 0.15) is 15.9 Å². The Balaban J connectivity index is 2.19. The number of carbonyl (C=O) groups is 3. The smallest absolute Gasteiger partial charge is 0.324 e. The third-order valence-corrected chi connectivity index (χ3v) is 2.93. The van der Waals surface area contributed by atoms with E-state index in [1.807, 2.05) is 0 Å². The topological polar surface area (TPSA) is 78.5 Å². The van der Waals surface area contributed by atoms with Gasteiger partial charge < -0.3 is 10.6 Å². The SMILES string of the molecule is C=CCNC(=O)c1ccccc1CN1C(=O)CNC1=O. The number of urea groups is 1. The van der Waals surface area contributed by atoms with Gasteiger partial charge in [-0.2, -0.15) is 0 Å². The second-order valence-corrected chi connectivity index (χ2v) is 4.29. The number of nitrogens with zero attached hydrogens (tertiary/aromatic N) is 1. The van der Waals surface area contributed by atoms with Crippen LogP contribution >= 0.6 is 0 Å². The zero-order chi connectivity index (χ0) is 14.5. The lowest BCUT2D eigenvalue weighted by Crippen LogP contribution is -2.32. The summed E-state index contributed by atoms with van der Waals surface area (Å²) in [5, 5.41) is 5.12. The normalized spacial score (nSPS) is 14.1. The van der Waals surface area contributed by atoms with E-state index in [0.29, 0.717) is 17.7 Å². The summed E-state index contributed by atoms with van der Waals surface area (Å²) in [6.07, 6.45) is 1.58. The van der Waals surface area contributed by atoms with Crippen molar-refractivity contribution < 1.29 is 14.4 Å². The van der Waals surface area contributed by atoms with Crippen molar-refractivity contribution in [2.45, 2.75) is 6.54 Å². The Morgan fingerprint density at radius 1 is 1.40 bits per heavy atom. The number of hydrogen-bond acceptors (Lipinski definition) is 3. The van der Waals surface area contributed by atoms with Crippen molar-refractivity contribution in [3.63, 3.8) is 0 Å². The van der Waals surface area contributed by atoms with E-state index < -0.39 is 6.03 Å². The van der Waals surface area contributed by atoms with E-state index in [9.17, 15) is 14.4 Å². The predicted octanol–water partition coefficient (Wildman–Crippen LogP) is 0.654. The first-order chi connectivity index (χ1) is 9.63. The fourth-order valence-corrected chi connectivity index (χ4v) is 1.93. The zero-order valence-corrected chi connectivity index (χ0v) is 10.9. The summed E-state index contributed by atoms with van der Waals surface area (Å²) < 4.78 is 0. The molecule has 6 nitrogen and oxygen atoms in total. The van der Waals surface area contributed by atoms with Gasteiger partial charge in [0.25, 0.3) is 5.91 Å². The Bertz CT molecular complexity index is 553. The molecule has 1 aliphatic heterocycles. The largest absolute Gasteiger partial charge is 0.349 e. The molecule has 1 aliphatic rings. The minimum Gasteiger partial charge on any atom is -0.349 e. The fraction of sp³-hybridized carbons (Fsp3) is 0.214. The molecule has 2 rings (SSSR count). The summed E-state index contributed by atoms with van der Waals surface area (Å²) in [5.74, 6) is -0.552. The van der Waals surface area contributed by atoms with Gasteiger partial charge in [-0.05, 0) is 11.6 Å². The lowest BCUT2D eigenvalue weighted by molar-refractivity contribution is -0.125. The number of hydrogen-bond donors (Lipinski definition) is 2. The number of imide groups is 1. The average molecular weight is 273 g/mol. The van der Waals surface area contributed by atoms with Crippen LogP contribution in [0.15, 0.2) is 36.9 Å². The van der Waals surface area contributed by atoms with Crippen molar-refractivity contribution in [1.82, 2.24) is 15.5 Å². The van der Waals surface area contributed by atoms with Gasteiger partial charge in [0.2, 0.25) is 5.91 Å². The molecule has 0 unspecified atom stereocenters. The maximum absolute atomic E-state index is 12.0. The molecule has 0 aromatic heterocycles. The average Bonchev–Trinajstić information content (AvgIpc) is 2.77. The first-order valence-corrected chi connectivity index (χ1v) is 6.18. The number of rotatable bonds is 5. The molecule has 0 radical (unpaired) electrons. The van der Waals surface area contributed by atoms with E-state index in [0.717, 1.165) is 4.90 Å². The molecular weight excluding hydrogens is 258 g/mol. The van der Waals surface area contributed by atoms with Crippen molar-refractivity contribution >= 4 is 17.8 Å². The summed E-state index contributed by atoms with van der Waals surface area (Å²) in [6, 6.07) is 6.45. The summed E-state index contributed by atoms with van der Waals surface area (Å²) >= 11 is 0. The van der Waals surface area contributed by atoms with Gasteiger partial charge in [0.05, 0.1) is 13.1 Å². The molecule has 0 bridgehead atoms. The summed E-state index contributed by atoms with van der Waals surface area (Å²) in [7, 11) is 0. The predicted molar refractivity (Wildman–Crippen MR) is 72.9 cm³/mol. The van der Waals surface area contributed by atoms with E-state index >= 15 is 0 Å². The second-order valence-electron chi connectivity index (χ2n) is 4.29. The molecule has 4 amide bonds. The summed E-state index contributed by atoms with van der Waals surface area (Å²) in [6.45, 7) is 3.98. The highest BCUT2D eigenvalue weighted by molar-refractivity contribution is 6.02. The monoisotopic (exact) mass is 273 g/mol. The van der Waals surface area contributed by atoms with Crippen molar-refractivity contribution in [1.29, 1.82) is 0 Å². The first-order valence-electron chi connectivity index (χ1n) is 6.18. The molecule has 0 spiro atoms. The number of amides is 4. The zero-order valence-electron chi connectivity index (χ0n) is 10.9. The highest BCUT2D eigenvalue weighted by atomic mass is 16.2. The van der Waals surface area contributed by atoms with Gasteiger partial charge in [0, 0.05) is 12.1 Å². The van der Waals surface area contributed by atoms with E-state index in [2.05, 4.69) is 17.2 Å². The molecule has 0 atom stereocenters. The van der Waals surface area contributed by atoms with E-state index in [4.69, 9.17) is 0 Å². The van der Waals surface area contributed by atoms with E-state index in [-0.39, 0.29) is 24.9 Å². The van der Waals surface area contributed by atoms with Crippen LogP contribution in [0.25, 0.3) is 0 Å². The quantitative estimate of drug-likeness (QED) is 0.611. The Kier molecular flexibility index (Phi) is 4.14. The highest BCUT2D eigenvalue weighted by Crippen LogP contribution is 2.13. The molecule has 1 aromatic carbocycles. The van der Waals surface area contributed by atoms with Crippen LogP contribution in [0.4, 0.5) is 4.79 Å². The first kappa shape index (κ1) is 13.8. The Hall–Kier alpha value is -2.63. The molecule has 1 aromatic rings. The van der Waals surface area contributed by atoms with Gasteiger partial charge in [-0.25, -0.2) is 4.79 Å². The Morgan fingerprint density at radius 2 is 2.15 bits per heavy atom. The third-order valence-electron chi connectivity index (χ3n) is 2.93. The molecule has 0 aliphatic carbocycles. The van der Waals surface area contributed by atoms with Gasteiger partial charge in [-0.15, -0.1) is 6.58 Å². The van der Waals surface area contributed by atoms with Crippen LogP contribution in [0.2, 0.25) is 0 Å². The van der Waals surface area contributed by atoms with Crippen molar-refractivity contribution in [2.75, 3.05) is 13.1 Å². The van der Waals surface area contributed by atoms with Gasteiger partial charge in [-0.3, -0.25) is 14.5 Å². The van der Waals surface area contributed by atoms with Crippen molar-refractivity contribution in [3.05, 3.63) is 48.0 Å². The molecule has 104 valence electrons. The summed E-state index contributed by atoms with van der Waals surface area (Å²) in [4.78, 5) is 36.2. The van der Waals surface area contributed by atoms with Crippen LogP contribution in [0, 0.1) is 0 Å². The van der Waals surface area contributed by atoms with Crippen LogP contribution < -0.4 is 10.6 Å². The number of benzene rings is 1. The molecule has 1 fully saturated rings. The second kappa shape index (κ2) is 6.01. The van der Waals surface area contributed by atoms with Crippen molar-refractivity contribution in [2.24, 2.45) is 0 Å². The maximum atomic E-state index is 12.0. The van der Waals surface area contributed by atoms with Gasteiger partial charge in [-0.1, -0.05) is 24.3 Å². The summed E-state index contributed by atoms with van der Waals surface area (Å²) in [5.41, 5.74) is 1.07. The molecule has 0 saturated carbocycles. The van der Waals surface area contributed by atoms with Gasteiger partial charge >= 0.3 is 6.03 Å². The highest BCUT2D eigenvalue weighted by Gasteiger charge is 2.29. The van der Waals surface area contributed by atoms with Crippen LogP contribution in [-0.4, -0.2) is 35.8 Å². The van der Waals surface area contributed by atoms with Crippen LogP contribution in [0.3, 0.4) is 0 Å². The van der Waals surface area contributed by atoms with Crippen LogP contribution in [0.5, 0.6) is 0 Å². The lowest BCUT2D eigenvalue weighted by Gasteiger charge is -2.15. The van der Waals surface area contributed by atoms with Gasteiger partial charge in [0.1, 0.15) is 0 Å². The van der Waals surface area contributed by atoms with Crippen LogP contribution in [-0.2, 0) is 11.3 Å². The molecule has 1 saturated heterocycles. The fourth-order valence-electron chi connectivity index (χ4n) is 1.93. The van der Waals surface area contributed by atoms with E-state index in [1.165, 1.54) is 0 Å². The van der Waals surface area contributed by atoms with Crippen molar-refractivity contribution in [3.8, 4) is 0 Å². The molecule has 20 heavy (non-hydrogen) atoms. The third kappa shape index (κ3) is 2.85. The Morgan fingerprint density at radius 3 is 2.80 bits per heavy atom. The lowest BCUT2D eigenvalue weighted by atomic mass is 10.1. The standard InChI is InChI=1S/C14H15N3O3/c1-2-7-15-13(19)11-6-4-3-5-10(11)9-17-12(18)8-16-14(17)20/h2-6H,1,7-9H2,(H,15,19)(H,16,20). The molecule has 6 heteroatoms. The minimum absolute atomic E-state index is 0.00363. The number of carbonyl (C=O) groups excluding carboxylic acids is 3. The van der Waals surface area contributed by atoms with E-state index in [1.54, 1.807) is 30.3 Å². The Labute approximate surface area is 116 Å². The molecule has 1 heterocycles. The molecule has 2 N–H and O–H groups in total.